The Labute approximate surface area is 122 Å². The van der Waals surface area contributed by atoms with E-state index in [0.717, 1.165) is 23.9 Å². The number of nitrogens with zero attached hydrogens (tertiary/aromatic N) is 1. The molecule has 4 nitrogen and oxygen atoms in total. The minimum atomic E-state index is -4.37. The molecule has 0 aliphatic rings. The lowest BCUT2D eigenvalue weighted by molar-refractivity contribution is -0.137. The number of aromatic nitrogens is 2. The molecule has 0 saturated carbocycles. The first-order valence-corrected chi connectivity index (χ1v) is 6.81. The second-order valence-corrected chi connectivity index (χ2v) is 5.04. The van der Waals surface area contributed by atoms with Gasteiger partial charge in [0.1, 0.15) is 0 Å². The van der Waals surface area contributed by atoms with Gasteiger partial charge >= 0.3 is 6.18 Å². The second-order valence-electron chi connectivity index (χ2n) is 4.07. The molecule has 2 rings (SSSR count). The normalized spacial score (nSPS) is 11.4. The van der Waals surface area contributed by atoms with E-state index in [-0.39, 0.29) is 11.5 Å². The predicted octanol–water partition coefficient (Wildman–Crippen LogP) is 3.09. The molecular weight excluding hydrogens is 305 g/mol. The van der Waals surface area contributed by atoms with Crippen molar-refractivity contribution >= 4 is 11.8 Å². The van der Waals surface area contributed by atoms with Crippen molar-refractivity contribution in [3.8, 4) is 5.75 Å². The largest absolute Gasteiger partial charge is 0.490 e. The number of thioether (sulfide) groups is 1. The van der Waals surface area contributed by atoms with Gasteiger partial charge in [-0.05, 0) is 11.6 Å². The number of alkyl halides is 3. The third-order valence-corrected chi connectivity index (χ3v) is 3.55. The summed E-state index contributed by atoms with van der Waals surface area (Å²) in [6, 6.07) is 5.03. The van der Waals surface area contributed by atoms with Crippen LogP contribution in [-0.2, 0) is 11.9 Å². The third kappa shape index (κ3) is 4.01. The van der Waals surface area contributed by atoms with Gasteiger partial charge in [0.2, 0.25) is 5.75 Å². The van der Waals surface area contributed by atoms with E-state index in [1.807, 2.05) is 0 Å². The van der Waals surface area contributed by atoms with Crippen molar-refractivity contribution in [1.29, 1.82) is 0 Å². The van der Waals surface area contributed by atoms with Gasteiger partial charge < -0.3 is 4.74 Å². The van der Waals surface area contributed by atoms with Gasteiger partial charge in [0.05, 0.1) is 18.9 Å². The van der Waals surface area contributed by atoms with Crippen molar-refractivity contribution in [3.63, 3.8) is 0 Å². The molecule has 0 atom stereocenters. The number of methoxy groups -OCH3 is 1. The highest BCUT2D eigenvalue weighted by molar-refractivity contribution is 7.98. The molecule has 21 heavy (non-hydrogen) atoms. The van der Waals surface area contributed by atoms with Crippen LogP contribution in [0.25, 0.3) is 0 Å². The molecule has 0 saturated heterocycles. The monoisotopic (exact) mass is 316 g/mol. The third-order valence-electron chi connectivity index (χ3n) is 2.59. The van der Waals surface area contributed by atoms with E-state index in [9.17, 15) is 18.0 Å². The van der Waals surface area contributed by atoms with E-state index in [1.165, 1.54) is 19.4 Å². The average Bonchev–Trinajstić information content (AvgIpc) is 2.45. The number of aromatic amines is 1. The number of benzene rings is 1. The lowest BCUT2D eigenvalue weighted by Gasteiger charge is -2.08. The molecule has 1 aromatic heterocycles. The topological polar surface area (TPSA) is 55.0 Å². The lowest BCUT2D eigenvalue weighted by Crippen LogP contribution is -2.10. The quantitative estimate of drug-likeness (QED) is 0.696. The van der Waals surface area contributed by atoms with E-state index >= 15 is 0 Å². The number of ether oxygens (including phenoxy) is 1. The van der Waals surface area contributed by atoms with Gasteiger partial charge in [0, 0.05) is 5.75 Å². The Morgan fingerprint density at radius 3 is 2.76 bits per heavy atom. The lowest BCUT2D eigenvalue weighted by atomic mass is 10.1. The summed E-state index contributed by atoms with van der Waals surface area (Å²) in [5.74, 6) is 0.345. The molecule has 0 fully saturated rings. The zero-order valence-electron chi connectivity index (χ0n) is 10.9. The Morgan fingerprint density at radius 1 is 1.38 bits per heavy atom. The molecule has 8 heteroatoms. The average molecular weight is 316 g/mol. The summed E-state index contributed by atoms with van der Waals surface area (Å²) in [4.78, 5) is 17.9. The number of hydrogen-bond acceptors (Lipinski definition) is 4. The highest BCUT2D eigenvalue weighted by atomic mass is 32.2. The molecular formula is C13H11F3N2O2S. The maximum atomic E-state index is 12.6. The fraction of sp³-hybridized carbons (Fsp3) is 0.231. The minimum absolute atomic E-state index is 0.0819. The Balaban J connectivity index is 2.10. The van der Waals surface area contributed by atoms with Crippen molar-refractivity contribution in [2.45, 2.75) is 17.1 Å². The summed E-state index contributed by atoms with van der Waals surface area (Å²) in [6.45, 7) is 0. The Bertz CT molecular complexity index is 686. The van der Waals surface area contributed by atoms with Crippen molar-refractivity contribution in [2.75, 3.05) is 7.11 Å². The van der Waals surface area contributed by atoms with E-state index in [0.29, 0.717) is 10.7 Å². The van der Waals surface area contributed by atoms with Crippen LogP contribution >= 0.6 is 11.8 Å². The van der Waals surface area contributed by atoms with Crippen molar-refractivity contribution in [2.24, 2.45) is 0 Å². The van der Waals surface area contributed by atoms with Crippen molar-refractivity contribution in [3.05, 3.63) is 51.9 Å². The Hall–Kier alpha value is -1.96. The van der Waals surface area contributed by atoms with Gasteiger partial charge in [0.15, 0.2) is 5.16 Å². The molecule has 0 bridgehead atoms. The molecule has 1 N–H and O–H groups in total. The Morgan fingerprint density at radius 2 is 2.14 bits per heavy atom. The summed E-state index contributed by atoms with van der Waals surface area (Å²) in [6.07, 6.45) is -3.10. The van der Waals surface area contributed by atoms with Crippen LogP contribution in [0.2, 0.25) is 0 Å². The van der Waals surface area contributed by atoms with Gasteiger partial charge in [-0.25, -0.2) is 4.98 Å². The van der Waals surface area contributed by atoms with Crippen molar-refractivity contribution in [1.82, 2.24) is 9.97 Å². The molecule has 1 aromatic carbocycles. The second kappa shape index (κ2) is 6.21. The van der Waals surface area contributed by atoms with E-state index in [1.54, 1.807) is 6.07 Å². The van der Waals surface area contributed by atoms with Gasteiger partial charge in [-0.15, -0.1) is 0 Å². The molecule has 0 unspecified atom stereocenters. The smallest absolute Gasteiger partial charge is 0.416 e. The summed E-state index contributed by atoms with van der Waals surface area (Å²) < 4.78 is 42.5. The summed E-state index contributed by atoms with van der Waals surface area (Å²) >= 11 is 1.14. The van der Waals surface area contributed by atoms with Crippen LogP contribution in [0.3, 0.4) is 0 Å². The SMILES string of the molecule is COc1cnc(SCc2cccc(C(F)(F)F)c2)[nH]c1=O. The first-order valence-electron chi connectivity index (χ1n) is 5.82. The van der Waals surface area contributed by atoms with E-state index < -0.39 is 17.3 Å². The van der Waals surface area contributed by atoms with Gasteiger partial charge in [0.25, 0.3) is 5.56 Å². The van der Waals surface area contributed by atoms with Gasteiger partial charge in [-0.3, -0.25) is 9.78 Å². The summed E-state index contributed by atoms with van der Waals surface area (Å²) in [7, 11) is 1.35. The van der Waals surface area contributed by atoms with Gasteiger partial charge in [-0.2, -0.15) is 13.2 Å². The molecule has 0 aliphatic heterocycles. The molecule has 0 spiro atoms. The maximum Gasteiger partial charge on any atom is 0.416 e. The first kappa shape index (κ1) is 15.4. The fourth-order valence-electron chi connectivity index (χ4n) is 1.57. The molecule has 0 aliphatic carbocycles. The van der Waals surface area contributed by atoms with E-state index in [2.05, 4.69) is 9.97 Å². The van der Waals surface area contributed by atoms with Crippen molar-refractivity contribution < 1.29 is 17.9 Å². The van der Waals surface area contributed by atoms with Gasteiger partial charge in [-0.1, -0.05) is 30.0 Å². The molecule has 0 amide bonds. The van der Waals surface area contributed by atoms with Crippen LogP contribution in [0.15, 0.2) is 40.4 Å². The van der Waals surface area contributed by atoms with Crippen LogP contribution in [0, 0.1) is 0 Å². The Kier molecular flexibility index (Phi) is 4.56. The first-order chi connectivity index (χ1) is 9.90. The zero-order valence-corrected chi connectivity index (χ0v) is 11.7. The van der Waals surface area contributed by atoms with Crippen LogP contribution < -0.4 is 10.3 Å². The minimum Gasteiger partial charge on any atom is -0.490 e. The molecule has 112 valence electrons. The number of H-pyrrole nitrogens is 1. The van der Waals surface area contributed by atoms with Crippen LogP contribution in [0.5, 0.6) is 5.75 Å². The highest BCUT2D eigenvalue weighted by Gasteiger charge is 2.30. The maximum absolute atomic E-state index is 12.6. The zero-order chi connectivity index (χ0) is 15.5. The van der Waals surface area contributed by atoms with Crippen LogP contribution in [0.4, 0.5) is 13.2 Å². The summed E-state index contributed by atoms with van der Waals surface area (Å²) in [5.41, 5.74) is -0.635. The summed E-state index contributed by atoms with van der Waals surface area (Å²) in [5, 5.41) is 0.318. The number of nitrogens with one attached hydrogen (secondary N) is 1. The number of hydrogen-bond donors (Lipinski definition) is 1. The molecule has 1 heterocycles. The van der Waals surface area contributed by atoms with Crippen LogP contribution in [-0.4, -0.2) is 17.1 Å². The standard InChI is InChI=1S/C13H11F3N2O2S/c1-20-10-6-17-12(18-11(10)19)21-7-8-3-2-4-9(5-8)13(14,15)16/h2-6H,7H2,1H3,(H,17,18,19). The highest BCUT2D eigenvalue weighted by Crippen LogP contribution is 2.30. The molecule has 2 aromatic rings. The number of halogens is 3. The fourth-order valence-corrected chi connectivity index (χ4v) is 2.35. The van der Waals surface area contributed by atoms with Crippen LogP contribution in [0.1, 0.15) is 11.1 Å². The molecule has 0 radical (unpaired) electrons. The predicted molar refractivity (Wildman–Crippen MR) is 72.4 cm³/mol. The van der Waals surface area contributed by atoms with E-state index in [4.69, 9.17) is 4.74 Å². The number of rotatable bonds is 4.